The van der Waals surface area contributed by atoms with Gasteiger partial charge in [-0.15, -0.1) is 12.3 Å². The topological polar surface area (TPSA) is 20.2 Å². The third-order valence-electron chi connectivity index (χ3n) is 4.71. The molecule has 17 heavy (non-hydrogen) atoms. The molecule has 2 atom stereocenters. The van der Waals surface area contributed by atoms with Crippen LogP contribution in [0.15, 0.2) is 24.3 Å². The summed E-state index contributed by atoms with van der Waals surface area (Å²) in [5, 5.41) is 10.9. The highest BCUT2D eigenvalue weighted by atomic mass is 16.3. The third kappa shape index (κ3) is 1.59. The van der Waals surface area contributed by atoms with E-state index in [-0.39, 0.29) is 0 Å². The molecule has 0 spiro atoms. The maximum atomic E-state index is 10.9. The predicted molar refractivity (Wildman–Crippen MR) is 68.5 cm³/mol. The highest BCUT2D eigenvalue weighted by Gasteiger charge is 2.49. The van der Waals surface area contributed by atoms with E-state index in [1.54, 1.807) is 0 Å². The first-order chi connectivity index (χ1) is 8.24. The fourth-order valence-electron chi connectivity index (χ4n) is 3.73. The molecule has 1 aromatic rings. The first-order valence-electron chi connectivity index (χ1n) is 6.46. The number of benzene rings is 1. The smallest absolute Gasteiger partial charge is 0.0818 e. The summed E-state index contributed by atoms with van der Waals surface area (Å²) in [6.45, 7) is 0. The normalized spacial score (nSPS) is 34.8. The van der Waals surface area contributed by atoms with Crippen LogP contribution < -0.4 is 0 Å². The average molecular weight is 226 g/mol. The first kappa shape index (κ1) is 10.9. The Bertz CT molecular complexity index is 436. The molecule has 2 aliphatic rings. The van der Waals surface area contributed by atoms with Gasteiger partial charge in [0, 0.05) is 6.42 Å². The van der Waals surface area contributed by atoms with E-state index in [4.69, 9.17) is 6.42 Å². The largest absolute Gasteiger partial charge is 0.388 e. The maximum Gasteiger partial charge on any atom is 0.0818 e. The first-order valence-corrected chi connectivity index (χ1v) is 6.46. The summed E-state index contributed by atoms with van der Waals surface area (Å²) in [4.78, 5) is 0. The van der Waals surface area contributed by atoms with E-state index in [1.807, 2.05) is 0 Å². The molecule has 1 nitrogen and oxygen atoms in total. The van der Waals surface area contributed by atoms with Gasteiger partial charge < -0.3 is 5.11 Å². The molecule has 3 rings (SSSR count). The fourth-order valence-corrected chi connectivity index (χ4v) is 3.73. The highest BCUT2D eigenvalue weighted by molar-refractivity contribution is 5.32. The zero-order valence-corrected chi connectivity index (χ0v) is 10.0. The molecule has 0 radical (unpaired) electrons. The predicted octanol–water partition coefficient (Wildman–Crippen LogP) is 2.57. The van der Waals surface area contributed by atoms with Crippen molar-refractivity contribution < 1.29 is 5.11 Å². The Kier molecular flexibility index (Phi) is 2.49. The number of hydrogen-bond acceptors (Lipinski definition) is 1. The molecule has 1 N–H and O–H groups in total. The Balaban J connectivity index is 2.01. The Morgan fingerprint density at radius 3 is 2.18 bits per heavy atom. The Morgan fingerprint density at radius 1 is 1.18 bits per heavy atom. The zero-order valence-electron chi connectivity index (χ0n) is 10.0. The molecule has 1 aromatic carbocycles. The van der Waals surface area contributed by atoms with Crippen LogP contribution in [0, 0.1) is 24.2 Å². The van der Waals surface area contributed by atoms with Crippen LogP contribution in [0.25, 0.3) is 0 Å². The molecule has 1 saturated carbocycles. The average Bonchev–Trinajstić information content (AvgIpc) is 2.52. The lowest BCUT2D eigenvalue weighted by molar-refractivity contribution is -0.0286. The van der Waals surface area contributed by atoms with E-state index >= 15 is 0 Å². The van der Waals surface area contributed by atoms with Crippen molar-refractivity contribution in [3.63, 3.8) is 0 Å². The summed E-state index contributed by atoms with van der Waals surface area (Å²) in [7, 11) is 0. The van der Waals surface area contributed by atoms with Crippen LogP contribution in [0.5, 0.6) is 0 Å². The monoisotopic (exact) mass is 226 g/mol. The van der Waals surface area contributed by atoms with Gasteiger partial charge in [-0.05, 0) is 48.6 Å². The molecule has 0 amide bonds. The second-order valence-corrected chi connectivity index (χ2v) is 5.52. The van der Waals surface area contributed by atoms with Crippen molar-refractivity contribution in [2.24, 2.45) is 11.8 Å². The van der Waals surface area contributed by atoms with E-state index in [9.17, 15) is 5.11 Å². The van der Waals surface area contributed by atoms with Crippen molar-refractivity contribution in [3.8, 4) is 12.3 Å². The van der Waals surface area contributed by atoms with Crippen LogP contribution in [-0.2, 0) is 12.8 Å². The minimum atomic E-state index is -0.617. The van der Waals surface area contributed by atoms with Gasteiger partial charge in [-0.1, -0.05) is 24.3 Å². The summed E-state index contributed by atoms with van der Waals surface area (Å²) in [6.07, 6.45) is 10.2. The Labute approximate surface area is 103 Å². The van der Waals surface area contributed by atoms with Gasteiger partial charge in [0.15, 0.2) is 0 Å². The van der Waals surface area contributed by atoms with E-state index in [2.05, 4.69) is 30.2 Å². The second-order valence-electron chi connectivity index (χ2n) is 5.52. The summed E-state index contributed by atoms with van der Waals surface area (Å²) in [5.41, 5.74) is 2.21. The summed E-state index contributed by atoms with van der Waals surface area (Å²) in [5.74, 6) is 3.39. The maximum absolute atomic E-state index is 10.9. The molecule has 0 saturated heterocycles. The van der Waals surface area contributed by atoms with Crippen molar-refractivity contribution in [1.82, 2.24) is 0 Å². The van der Waals surface area contributed by atoms with Crippen LogP contribution in [0.1, 0.15) is 30.4 Å². The van der Waals surface area contributed by atoms with Gasteiger partial charge >= 0.3 is 0 Å². The number of hydrogen-bond donors (Lipinski definition) is 1. The van der Waals surface area contributed by atoms with Gasteiger partial charge in [0.05, 0.1) is 5.60 Å². The molecule has 0 aliphatic heterocycles. The van der Waals surface area contributed by atoms with Gasteiger partial charge in [0.2, 0.25) is 0 Å². The summed E-state index contributed by atoms with van der Waals surface area (Å²) in [6, 6.07) is 8.59. The Hall–Kier alpha value is -1.26. The van der Waals surface area contributed by atoms with Crippen LogP contribution in [0.3, 0.4) is 0 Å². The lowest BCUT2D eigenvalue weighted by atomic mass is 9.80. The van der Waals surface area contributed by atoms with Crippen LogP contribution in [-0.4, -0.2) is 10.7 Å². The number of terminal acetylenes is 1. The SMILES string of the molecule is C#CCC1(O)C2CCC1Cc1ccccc1C2. The third-order valence-corrected chi connectivity index (χ3v) is 4.71. The zero-order chi connectivity index (χ0) is 11.9. The summed E-state index contributed by atoms with van der Waals surface area (Å²) >= 11 is 0. The lowest BCUT2D eigenvalue weighted by Crippen LogP contribution is -2.39. The molecule has 1 heteroatoms. The molecule has 2 bridgehead atoms. The van der Waals surface area contributed by atoms with Crippen molar-refractivity contribution in [2.75, 3.05) is 0 Å². The van der Waals surface area contributed by atoms with Crippen molar-refractivity contribution in [1.29, 1.82) is 0 Å². The Morgan fingerprint density at radius 2 is 1.71 bits per heavy atom. The standard InChI is InChI=1S/C16H18O/c1-2-9-16(17)14-7-8-15(16)11-13-6-4-3-5-12(13)10-14/h1,3-6,14-15,17H,7-11H2. The minimum Gasteiger partial charge on any atom is -0.388 e. The molecule has 2 aliphatic carbocycles. The molecule has 2 unspecified atom stereocenters. The van der Waals surface area contributed by atoms with E-state index in [0.29, 0.717) is 18.3 Å². The number of fused-ring (bicyclic) bond motifs is 3. The van der Waals surface area contributed by atoms with Gasteiger partial charge in [-0.2, -0.15) is 0 Å². The van der Waals surface area contributed by atoms with Gasteiger partial charge in [0.1, 0.15) is 0 Å². The molecule has 1 fully saturated rings. The van der Waals surface area contributed by atoms with Gasteiger partial charge in [0.25, 0.3) is 0 Å². The second kappa shape index (κ2) is 3.89. The van der Waals surface area contributed by atoms with Crippen molar-refractivity contribution >= 4 is 0 Å². The molecule has 88 valence electrons. The lowest BCUT2D eigenvalue weighted by Gasteiger charge is -2.32. The molecular formula is C16H18O. The van der Waals surface area contributed by atoms with E-state index < -0.39 is 5.60 Å². The van der Waals surface area contributed by atoms with E-state index in [0.717, 1.165) is 25.7 Å². The number of aliphatic hydroxyl groups is 1. The molecular weight excluding hydrogens is 208 g/mol. The van der Waals surface area contributed by atoms with Crippen molar-refractivity contribution in [2.45, 2.75) is 37.7 Å². The van der Waals surface area contributed by atoms with Crippen molar-refractivity contribution in [3.05, 3.63) is 35.4 Å². The molecule has 0 aromatic heterocycles. The number of rotatable bonds is 1. The van der Waals surface area contributed by atoms with Gasteiger partial charge in [-0.25, -0.2) is 0 Å². The van der Waals surface area contributed by atoms with E-state index in [1.165, 1.54) is 11.1 Å². The summed E-state index contributed by atoms with van der Waals surface area (Å²) < 4.78 is 0. The fraction of sp³-hybridized carbons (Fsp3) is 0.500. The van der Waals surface area contributed by atoms with Crippen LogP contribution in [0.2, 0.25) is 0 Å². The molecule has 0 heterocycles. The minimum absolute atomic E-state index is 0.354. The highest BCUT2D eigenvalue weighted by Crippen LogP contribution is 2.48. The van der Waals surface area contributed by atoms with Crippen LogP contribution in [0.4, 0.5) is 0 Å². The van der Waals surface area contributed by atoms with Crippen LogP contribution >= 0.6 is 0 Å². The quantitative estimate of drug-likeness (QED) is 0.730. The van der Waals surface area contributed by atoms with Gasteiger partial charge in [-0.3, -0.25) is 0 Å².